The van der Waals surface area contributed by atoms with E-state index >= 15 is 0 Å². The minimum absolute atomic E-state index is 0.0641. The molecule has 0 saturated heterocycles. The molecule has 0 unspecified atom stereocenters. The summed E-state index contributed by atoms with van der Waals surface area (Å²) in [4.78, 5) is 19.4. The first-order valence-corrected chi connectivity index (χ1v) is 8.72. The van der Waals surface area contributed by atoms with Gasteiger partial charge in [0.1, 0.15) is 0 Å². The number of rotatable bonds is 4. The first kappa shape index (κ1) is 23.7. The SMILES string of the molecule is CNc1ccc(N)cc1.CNc1ccc([N+](=O)[O-])cc1.Nc1ccc([N+](=O)[O-])cc1. The Balaban J connectivity index is 0.000000226. The maximum absolute atomic E-state index is 10.2. The van der Waals surface area contributed by atoms with Crippen molar-refractivity contribution in [3.8, 4) is 0 Å². The molecule has 0 aliphatic heterocycles. The molecule has 0 bridgehead atoms. The third-order valence-electron chi connectivity index (χ3n) is 3.67. The molecule has 0 aliphatic rings. The van der Waals surface area contributed by atoms with Crippen LogP contribution in [0.15, 0.2) is 72.8 Å². The third kappa shape index (κ3) is 8.57. The van der Waals surface area contributed by atoms with Crippen LogP contribution < -0.4 is 22.1 Å². The van der Waals surface area contributed by atoms with E-state index in [1.165, 1.54) is 36.4 Å². The van der Waals surface area contributed by atoms with Gasteiger partial charge in [0.05, 0.1) is 9.85 Å². The van der Waals surface area contributed by atoms with E-state index in [2.05, 4.69) is 10.6 Å². The smallest absolute Gasteiger partial charge is 0.269 e. The van der Waals surface area contributed by atoms with Crippen molar-refractivity contribution in [2.45, 2.75) is 0 Å². The molecule has 3 aromatic carbocycles. The number of nitro benzene ring substituents is 2. The number of nitrogens with two attached hydrogens (primary N) is 2. The molecule has 30 heavy (non-hydrogen) atoms. The number of nitrogens with zero attached hydrogens (tertiary/aromatic N) is 2. The monoisotopic (exact) mass is 412 g/mol. The number of hydrogen-bond donors (Lipinski definition) is 4. The minimum Gasteiger partial charge on any atom is -0.399 e. The fourth-order valence-electron chi connectivity index (χ4n) is 2.00. The van der Waals surface area contributed by atoms with Crippen LogP contribution >= 0.6 is 0 Å². The second-order valence-electron chi connectivity index (χ2n) is 5.77. The predicted molar refractivity (Wildman–Crippen MR) is 121 cm³/mol. The van der Waals surface area contributed by atoms with Crippen LogP contribution in [-0.4, -0.2) is 23.9 Å². The van der Waals surface area contributed by atoms with E-state index in [0.29, 0.717) is 5.69 Å². The lowest BCUT2D eigenvalue weighted by Crippen LogP contribution is -1.89. The van der Waals surface area contributed by atoms with Crippen molar-refractivity contribution in [1.29, 1.82) is 0 Å². The van der Waals surface area contributed by atoms with Crippen LogP contribution in [0.3, 0.4) is 0 Å². The van der Waals surface area contributed by atoms with Crippen molar-refractivity contribution in [1.82, 2.24) is 0 Å². The molecule has 0 heterocycles. The molecule has 0 aromatic heterocycles. The van der Waals surface area contributed by atoms with Crippen molar-refractivity contribution >= 4 is 34.1 Å². The number of nitrogens with one attached hydrogen (secondary N) is 2. The normalized spacial score (nSPS) is 9.13. The summed E-state index contributed by atoms with van der Waals surface area (Å²) in [5.74, 6) is 0. The van der Waals surface area contributed by atoms with Crippen molar-refractivity contribution in [3.63, 3.8) is 0 Å². The third-order valence-corrected chi connectivity index (χ3v) is 3.67. The van der Waals surface area contributed by atoms with Crippen molar-refractivity contribution in [3.05, 3.63) is 93.0 Å². The second kappa shape index (κ2) is 12.2. The molecule has 0 spiro atoms. The topological polar surface area (TPSA) is 162 Å². The molecule has 0 fully saturated rings. The molecular weight excluding hydrogens is 388 g/mol. The largest absolute Gasteiger partial charge is 0.399 e. The lowest BCUT2D eigenvalue weighted by atomic mass is 10.3. The first-order valence-electron chi connectivity index (χ1n) is 8.72. The van der Waals surface area contributed by atoms with Gasteiger partial charge < -0.3 is 22.1 Å². The Bertz CT molecular complexity index is 929. The van der Waals surface area contributed by atoms with E-state index in [-0.39, 0.29) is 11.4 Å². The van der Waals surface area contributed by atoms with Gasteiger partial charge in [-0.25, -0.2) is 0 Å². The summed E-state index contributed by atoms with van der Waals surface area (Å²) in [7, 11) is 3.65. The molecule has 6 N–H and O–H groups in total. The maximum Gasteiger partial charge on any atom is 0.269 e. The van der Waals surface area contributed by atoms with Gasteiger partial charge in [-0.3, -0.25) is 20.2 Å². The van der Waals surface area contributed by atoms with Crippen LogP contribution in [0.2, 0.25) is 0 Å². The summed E-state index contributed by atoms with van der Waals surface area (Å²) in [6.45, 7) is 0. The molecule has 3 aromatic rings. The quantitative estimate of drug-likeness (QED) is 0.282. The van der Waals surface area contributed by atoms with Crippen LogP contribution in [0.4, 0.5) is 34.1 Å². The Morgan fingerprint density at radius 1 is 0.600 bits per heavy atom. The summed E-state index contributed by atoms with van der Waals surface area (Å²) < 4.78 is 0. The van der Waals surface area contributed by atoms with Gasteiger partial charge in [0.25, 0.3) is 11.4 Å². The highest BCUT2D eigenvalue weighted by atomic mass is 16.6. The van der Waals surface area contributed by atoms with Gasteiger partial charge in [-0.15, -0.1) is 0 Å². The van der Waals surface area contributed by atoms with Gasteiger partial charge in [-0.05, 0) is 48.5 Å². The second-order valence-corrected chi connectivity index (χ2v) is 5.77. The van der Waals surface area contributed by atoms with Gasteiger partial charge in [0.15, 0.2) is 0 Å². The average Bonchev–Trinajstić information content (AvgIpc) is 2.75. The Hall–Kier alpha value is -4.34. The standard InChI is InChI=1S/C7H8N2O2.C7H10N2.C6H6N2O2/c1-8-6-2-4-7(5-3-6)9(10)11;1-9-7-4-2-6(8)3-5-7;7-5-1-3-6(4-2-5)8(9)10/h2-5,8H,1H3;2-5,9H,8H2,1H3;1-4H,7H2. The highest BCUT2D eigenvalue weighted by molar-refractivity contribution is 5.50. The maximum atomic E-state index is 10.2. The molecule has 0 radical (unpaired) electrons. The predicted octanol–water partition coefficient (Wildman–Crippen LogP) is 4.12. The minimum atomic E-state index is -0.459. The van der Waals surface area contributed by atoms with E-state index < -0.39 is 9.85 Å². The number of non-ortho nitro benzene ring substituents is 2. The van der Waals surface area contributed by atoms with Crippen molar-refractivity contribution in [2.75, 3.05) is 36.2 Å². The zero-order valence-electron chi connectivity index (χ0n) is 16.6. The molecular formula is C20H24N6O4. The number of nitrogen functional groups attached to an aromatic ring is 2. The zero-order valence-corrected chi connectivity index (χ0v) is 16.6. The number of anilines is 4. The highest BCUT2D eigenvalue weighted by Crippen LogP contribution is 2.14. The Morgan fingerprint density at radius 2 is 0.867 bits per heavy atom. The summed E-state index contributed by atoms with van der Waals surface area (Å²) >= 11 is 0. The number of benzene rings is 3. The summed E-state index contributed by atoms with van der Waals surface area (Å²) in [6.07, 6.45) is 0. The van der Waals surface area contributed by atoms with E-state index in [1.807, 2.05) is 31.3 Å². The summed E-state index contributed by atoms with van der Waals surface area (Å²) in [5, 5.41) is 26.1. The van der Waals surface area contributed by atoms with Gasteiger partial charge in [0, 0.05) is 61.1 Å². The van der Waals surface area contributed by atoms with Crippen molar-refractivity contribution < 1.29 is 9.85 Å². The molecule has 3 rings (SSSR count). The molecule has 0 atom stereocenters. The molecule has 0 aliphatic carbocycles. The molecule has 0 saturated carbocycles. The van der Waals surface area contributed by atoms with E-state index in [0.717, 1.165) is 17.1 Å². The van der Waals surface area contributed by atoms with Crippen LogP contribution in [0.1, 0.15) is 0 Å². The molecule has 10 nitrogen and oxygen atoms in total. The fraction of sp³-hybridized carbons (Fsp3) is 0.100. The number of nitro groups is 2. The average molecular weight is 412 g/mol. The van der Waals surface area contributed by atoms with Gasteiger partial charge >= 0.3 is 0 Å². The highest BCUT2D eigenvalue weighted by Gasteiger charge is 2.02. The van der Waals surface area contributed by atoms with Gasteiger partial charge in [-0.1, -0.05) is 0 Å². The summed E-state index contributed by atoms with van der Waals surface area (Å²) in [6, 6.07) is 19.6. The fourth-order valence-corrected chi connectivity index (χ4v) is 2.00. The van der Waals surface area contributed by atoms with Gasteiger partial charge in [0.2, 0.25) is 0 Å². The Kier molecular flexibility index (Phi) is 9.63. The number of hydrogen-bond acceptors (Lipinski definition) is 8. The van der Waals surface area contributed by atoms with Crippen LogP contribution in [0.25, 0.3) is 0 Å². The molecule has 0 amide bonds. The lowest BCUT2D eigenvalue weighted by Gasteiger charge is -1.97. The van der Waals surface area contributed by atoms with Crippen LogP contribution in [0, 0.1) is 20.2 Å². The van der Waals surface area contributed by atoms with E-state index in [1.54, 1.807) is 19.2 Å². The zero-order chi connectivity index (χ0) is 22.5. The Labute approximate surface area is 173 Å². The first-order chi connectivity index (χ1) is 14.3. The van der Waals surface area contributed by atoms with Crippen LogP contribution in [-0.2, 0) is 0 Å². The van der Waals surface area contributed by atoms with Crippen LogP contribution in [0.5, 0.6) is 0 Å². The lowest BCUT2D eigenvalue weighted by molar-refractivity contribution is -0.385. The van der Waals surface area contributed by atoms with Crippen molar-refractivity contribution in [2.24, 2.45) is 0 Å². The molecule has 158 valence electrons. The van der Waals surface area contributed by atoms with E-state index in [4.69, 9.17) is 11.5 Å². The molecule has 10 heteroatoms. The van der Waals surface area contributed by atoms with Gasteiger partial charge in [-0.2, -0.15) is 0 Å². The summed E-state index contributed by atoms with van der Waals surface area (Å²) in [5.41, 5.74) is 14.2. The van der Waals surface area contributed by atoms with E-state index in [9.17, 15) is 20.2 Å². The Morgan fingerprint density at radius 3 is 1.17 bits per heavy atom.